The van der Waals surface area contributed by atoms with Crippen LogP contribution in [0.3, 0.4) is 0 Å². The Labute approximate surface area is 94.6 Å². The van der Waals surface area contributed by atoms with Gasteiger partial charge in [0.15, 0.2) is 0 Å². The first-order valence-corrected chi connectivity index (χ1v) is 5.68. The number of hydrogen-bond acceptors (Lipinski definition) is 4. The number of hydrogen-bond donors (Lipinski definition) is 0. The Kier molecular flexibility index (Phi) is 3.27. The highest BCUT2D eigenvalue weighted by Gasteiger charge is 2.34. The summed E-state index contributed by atoms with van der Waals surface area (Å²) in [5.74, 6) is -0.0737. The van der Waals surface area contributed by atoms with Crippen molar-refractivity contribution in [1.29, 1.82) is 0 Å². The monoisotopic (exact) mass is 224 g/mol. The second-order valence-electron chi connectivity index (χ2n) is 4.38. The fraction of sp³-hybridized carbons (Fsp3) is 0.667. The van der Waals surface area contributed by atoms with Gasteiger partial charge in [0.2, 0.25) is 0 Å². The van der Waals surface area contributed by atoms with Crippen LogP contribution in [-0.4, -0.2) is 24.1 Å². The Morgan fingerprint density at radius 1 is 1.50 bits per heavy atom. The highest BCUT2D eigenvalue weighted by molar-refractivity contribution is 5.72. The van der Waals surface area contributed by atoms with E-state index in [9.17, 15) is 9.59 Å². The van der Waals surface area contributed by atoms with Crippen LogP contribution >= 0.6 is 0 Å². The van der Waals surface area contributed by atoms with E-state index in [2.05, 4.69) is 0 Å². The van der Waals surface area contributed by atoms with Crippen molar-refractivity contribution in [3.63, 3.8) is 0 Å². The second kappa shape index (κ2) is 4.68. The van der Waals surface area contributed by atoms with Crippen LogP contribution in [0.2, 0.25) is 0 Å². The third-order valence-corrected chi connectivity index (χ3v) is 3.10. The first-order valence-electron chi connectivity index (χ1n) is 5.68. The topological polar surface area (TPSA) is 52.6 Å². The fourth-order valence-corrected chi connectivity index (χ4v) is 2.34. The van der Waals surface area contributed by atoms with Crippen molar-refractivity contribution in [2.24, 2.45) is 5.92 Å². The highest BCUT2D eigenvalue weighted by atomic mass is 16.6. The number of fused-ring (bicyclic) bond motifs is 1. The molecule has 0 spiro atoms. The second-order valence-corrected chi connectivity index (χ2v) is 4.38. The quantitative estimate of drug-likeness (QED) is 0.501. The third-order valence-electron chi connectivity index (χ3n) is 3.10. The van der Waals surface area contributed by atoms with Crippen LogP contribution in [0, 0.1) is 5.92 Å². The van der Waals surface area contributed by atoms with Crippen molar-refractivity contribution < 1.29 is 19.1 Å². The SMILES string of the molecule is CC(=O)O[C@@H]1/C=C/C[C@H]2OC(=O)C[C@@H]2CC1. The zero-order chi connectivity index (χ0) is 11.5. The first kappa shape index (κ1) is 11.2. The number of carbonyl (C=O) groups excluding carboxylic acids is 2. The van der Waals surface area contributed by atoms with Crippen LogP contribution in [0.5, 0.6) is 0 Å². The molecule has 0 N–H and O–H groups in total. The summed E-state index contributed by atoms with van der Waals surface area (Å²) in [4.78, 5) is 22.0. The number of ether oxygens (including phenoxy) is 2. The largest absolute Gasteiger partial charge is 0.462 e. The minimum atomic E-state index is -0.259. The molecule has 0 unspecified atom stereocenters. The molecule has 0 saturated carbocycles. The Bertz CT molecular complexity index is 321. The van der Waals surface area contributed by atoms with Gasteiger partial charge in [-0.3, -0.25) is 9.59 Å². The minimum Gasteiger partial charge on any atom is -0.462 e. The minimum absolute atomic E-state index is 0.0297. The van der Waals surface area contributed by atoms with Gasteiger partial charge in [0.25, 0.3) is 0 Å². The van der Waals surface area contributed by atoms with E-state index in [1.807, 2.05) is 12.2 Å². The van der Waals surface area contributed by atoms with E-state index >= 15 is 0 Å². The maximum atomic E-state index is 11.2. The van der Waals surface area contributed by atoms with Crippen LogP contribution in [0.1, 0.15) is 32.6 Å². The Morgan fingerprint density at radius 2 is 2.31 bits per heavy atom. The van der Waals surface area contributed by atoms with Crippen molar-refractivity contribution in [2.75, 3.05) is 0 Å². The average molecular weight is 224 g/mol. The van der Waals surface area contributed by atoms with Crippen molar-refractivity contribution in [1.82, 2.24) is 0 Å². The molecule has 0 aromatic rings. The molecular weight excluding hydrogens is 208 g/mol. The lowest BCUT2D eigenvalue weighted by atomic mass is 9.90. The molecule has 4 nitrogen and oxygen atoms in total. The standard InChI is InChI=1S/C12H16O4/c1-8(13)15-10-3-2-4-11-9(5-6-10)7-12(14)16-11/h2-3,9-11H,4-7H2,1H3/b3-2+/t9-,10+,11+/m0/s1. The van der Waals surface area contributed by atoms with E-state index in [0.29, 0.717) is 6.42 Å². The molecule has 1 fully saturated rings. The summed E-state index contributed by atoms with van der Waals surface area (Å²) in [7, 11) is 0. The molecule has 1 aliphatic carbocycles. The molecule has 1 saturated heterocycles. The number of rotatable bonds is 1. The molecule has 2 aliphatic rings. The van der Waals surface area contributed by atoms with Gasteiger partial charge in [0.1, 0.15) is 12.2 Å². The van der Waals surface area contributed by atoms with Gasteiger partial charge in [-0.15, -0.1) is 0 Å². The van der Waals surface area contributed by atoms with Gasteiger partial charge in [-0.1, -0.05) is 6.08 Å². The Balaban J connectivity index is 1.97. The van der Waals surface area contributed by atoms with Crippen LogP contribution in [0.25, 0.3) is 0 Å². The molecule has 1 aliphatic heterocycles. The smallest absolute Gasteiger partial charge is 0.306 e. The van der Waals surface area contributed by atoms with Gasteiger partial charge in [-0.05, 0) is 18.9 Å². The van der Waals surface area contributed by atoms with Crippen LogP contribution in [-0.2, 0) is 19.1 Å². The molecule has 16 heavy (non-hydrogen) atoms. The van der Waals surface area contributed by atoms with E-state index in [1.165, 1.54) is 6.92 Å². The van der Waals surface area contributed by atoms with Crippen molar-refractivity contribution in [2.45, 2.75) is 44.8 Å². The molecule has 0 aromatic heterocycles. The first-order chi connectivity index (χ1) is 7.65. The maximum absolute atomic E-state index is 11.2. The summed E-state index contributed by atoms with van der Waals surface area (Å²) in [5, 5.41) is 0. The predicted octanol–water partition coefficient (Wildman–Crippen LogP) is 1.59. The van der Waals surface area contributed by atoms with Crippen molar-refractivity contribution in [3.05, 3.63) is 12.2 Å². The summed E-state index contributed by atoms with van der Waals surface area (Å²) in [5.41, 5.74) is 0. The molecule has 0 bridgehead atoms. The van der Waals surface area contributed by atoms with Crippen molar-refractivity contribution in [3.8, 4) is 0 Å². The highest BCUT2D eigenvalue weighted by Crippen LogP contribution is 2.31. The Hall–Kier alpha value is -1.32. The summed E-state index contributed by atoms with van der Waals surface area (Å²) in [6.07, 6.45) is 6.61. The lowest BCUT2D eigenvalue weighted by molar-refractivity contribution is -0.144. The van der Waals surface area contributed by atoms with Gasteiger partial charge >= 0.3 is 11.9 Å². The zero-order valence-electron chi connectivity index (χ0n) is 9.35. The van der Waals surface area contributed by atoms with Crippen LogP contribution < -0.4 is 0 Å². The van der Waals surface area contributed by atoms with E-state index in [1.54, 1.807) is 0 Å². The lowest BCUT2D eigenvalue weighted by Crippen LogP contribution is -2.22. The van der Waals surface area contributed by atoms with E-state index in [4.69, 9.17) is 9.47 Å². The number of esters is 2. The average Bonchev–Trinajstić information content (AvgIpc) is 2.51. The van der Waals surface area contributed by atoms with Gasteiger partial charge in [-0.25, -0.2) is 0 Å². The third kappa shape index (κ3) is 2.62. The zero-order valence-corrected chi connectivity index (χ0v) is 9.35. The van der Waals surface area contributed by atoms with Crippen LogP contribution in [0.4, 0.5) is 0 Å². The fourth-order valence-electron chi connectivity index (χ4n) is 2.34. The maximum Gasteiger partial charge on any atom is 0.306 e. The molecule has 2 rings (SSSR count). The summed E-state index contributed by atoms with van der Waals surface area (Å²) < 4.78 is 10.4. The molecule has 0 amide bonds. The molecule has 1 heterocycles. The molecule has 3 atom stereocenters. The van der Waals surface area contributed by atoms with Gasteiger partial charge < -0.3 is 9.47 Å². The van der Waals surface area contributed by atoms with E-state index < -0.39 is 0 Å². The van der Waals surface area contributed by atoms with Gasteiger partial charge in [0, 0.05) is 19.3 Å². The normalized spacial score (nSPS) is 35.6. The molecule has 88 valence electrons. The molecular formula is C12H16O4. The molecule has 0 aromatic carbocycles. The summed E-state index contributed by atoms with van der Waals surface area (Å²) >= 11 is 0. The van der Waals surface area contributed by atoms with Crippen LogP contribution in [0.15, 0.2) is 12.2 Å². The lowest BCUT2D eigenvalue weighted by Gasteiger charge is -2.21. The van der Waals surface area contributed by atoms with E-state index in [0.717, 1.165) is 19.3 Å². The summed E-state index contributed by atoms with van der Waals surface area (Å²) in [6.45, 7) is 1.41. The Morgan fingerprint density at radius 3 is 3.06 bits per heavy atom. The van der Waals surface area contributed by atoms with Crippen molar-refractivity contribution >= 4 is 11.9 Å². The predicted molar refractivity (Wildman–Crippen MR) is 56.5 cm³/mol. The molecule has 0 radical (unpaired) electrons. The van der Waals surface area contributed by atoms with E-state index in [-0.39, 0.29) is 30.1 Å². The van der Waals surface area contributed by atoms with Gasteiger partial charge in [-0.2, -0.15) is 0 Å². The number of carbonyl (C=O) groups is 2. The van der Waals surface area contributed by atoms with Gasteiger partial charge in [0.05, 0.1) is 6.42 Å². The summed E-state index contributed by atoms with van der Waals surface area (Å²) in [6, 6.07) is 0. The molecule has 4 heteroatoms.